The molecule has 0 aliphatic heterocycles. The lowest BCUT2D eigenvalue weighted by Crippen LogP contribution is -2.09. The summed E-state index contributed by atoms with van der Waals surface area (Å²) in [5, 5.41) is 8.83. The Morgan fingerprint density at radius 1 is 0.952 bits per heavy atom. The van der Waals surface area contributed by atoms with Crippen LogP contribution in [0.2, 0.25) is 0 Å². The van der Waals surface area contributed by atoms with Crippen LogP contribution in [0.1, 0.15) is 40.0 Å². The first-order valence-electron chi connectivity index (χ1n) is 7.32. The van der Waals surface area contributed by atoms with Crippen molar-refractivity contribution in [1.29, 1.82) is 0 Å². The third-order valence-corrected chi connectivity index (χ3v) is 2.45. The molecule has 0 unspecified atom stereocenters. The molecule has 0 bridgehead atoms. The van der Waals surface area contributed by atoms with Gasteiger partial charge in [-0.05, 0) is 19.3 Å². The van der Waals surface area contributed by atoms with Gasteiger partial charge in [-0.25, -0.2) is 4.98 Å². The van der Waals surface area contributed by atoms with E-state index in [9.17, 15) is 0 Å². The molecule has 1 heterocycles. The third-order valence-electron chi connectivity index (χ3n) is 2.45. The van der Waals surface area contributed by atoms with Gasteiger partial charge in [-0.15, -0.1) is 0 Å². The van der Waals surface area contributed by atoms with Crippen molar-refractivity contribution in [3.8, 4) is 23.1 Å². The normalized spacial score (nSPS) is 10.1. The average molecular weight is 296 g/mol. The monoisotopic (exact) mass is 296 g/mol. The second-order valence-corrected chi connectivity index (χ2v) is 4.35. The zero-order valence-electron chi connectivity index (χ0n) is 12.9. The van der Waals surface area contributed by atoms with E-state index in [-0.39, 0.29) is 5.88 Å². The predicted molar refractivity (Wildman–Crippen MR) is 80.2 cm³/mol. The van der Waals surface area contributed by atoms with Gasteiger partial charge in [0.15, 0.2) is 5.75 Å². The third kappa shape index (κ3) is 5.34. The van der Waals surface area contributed by atoms with Crippen LogP contribution in [0.3, 0.4) is 0 Å². The molecule has 0 aliphatic carbocycles. The van der Waals surface area contributed by atoms with E-state index in [4.69, 9.17) is 23.9 Å². The minimum absolute atomic E-state index is 0.154. The second kappa shape index (κ2) is 10.2. The molecule has 7 heteroatoms. The predicted octanol–water partition coefficient (Wildman–Crippen LogP) is 2.35. The fourth-order valence-corrected chi connectivity index (χ4v) is 1.56. The second-order valence-electron chi connectivity index (χ2n) is 4.35. The van der Waals surface area contributed by atoms with Gasteiger partial charge >= 0.3 is 7.69 Å². The van der Waals surface area contributed by atoms with Gasteiger partial charge in [-0.1, -0.05) is 20.8 Å². The first-order valence-corrected chi connectivity index (χ1v) is 7.32. The molecule has 1 aromatic rings. The number of rotatable bonds is 11. The lowest BCUT2D eigenvalue weighted by Gasteiger charge is -2.18. The van der Waals surface area contributed by atoms with Gasteiger partial charge in [-0.2, -0.15) is 0 Å². The highest BCUT2D eigenvalue weighted by atomic mass is 16.6. The van der Waals surface area contributed by atoms with Gasteiger partial charge < -0.3 is 23.9 Å². The molecule has 0 amide bonds. The zero-order valence-corrected chi connectivity index (χ0v) is 12.9. The van der Waals surface area contributed by atoms with Crippen LogP contribution < -0.4 is 18.9 Å². The molecule has 21 heavy (non-hydrogen) atoms. The standard InChI is InChI=1S/C14H23BNO5/c1-4-7-18-11-10-16-14(21-15-17)13(20-9-6-3)12(11)19-8-5-2/h10,17H,4-9H2,1-3H3. The van der Waals surface area contributed by atoms with E-state index in [0.717, 1.165) is 19.3 Å². The largest absolute Gasteiger partial charge is 0.570 e. The topological polar surface area (TPSA) is 70.0 Å². The Balaban J connectivity index is 3.12. The molecule has 0 aromatic carbocycles. The molecule has 1 aromatic heterocycles. The van der Waals surface area contributed by atoms with Crippen LogP contribution in [0.15, 0.2) is 6.20 Å². The van der Waals surface area contributed by atoms with Gasteiger partial charge in [0.1, 0.15) is 0 Å². The summed E-state index contributed by atoms with van der Waals surface area (Å²) < 4.78 is 22.0. The number of pyridine rings is 1. The molecule has 0 atom stereocenters. The van der Waals surface area contributed by atoms with E-state index in [1.165, 1.54) is 6.20 Å². The van der Waals surface area contributed by atoms with Crippen molar-refractivity contribution in [1.82, 2.24) is 4.98 Å². The summed E-state index contributed by atoms with van der Waals surface area (Å²) in [7, 11) is 0.567. The molecular weight excluding hydrogens is 273 g/mol. The van der Waals surface area contributed by atoms with E-state index < -0.39 is 0 Å². The van der Waals surface area contributed by atoms with E-state index in [0.29, 0.717) is 44.8 Å². The Bertz CT molecular complexity index is 417. The molecule has 0 aliphatic rings. The molecular formula is C14H23BNO5. The van der Waals surface area contributed by atoms with E-state index in [1.54, 1.807) is 0 Å². The number of hydrogen-bond donors (Lipinski definition) is 1. The fourth-order valence-electron chi connectivity index (χ4n) is 1.56. The minimum Gasteiger partial charge on any atom is -0.521 e. The number of nitrogens with zero attached hydrogens (tertiary/aromatic N) is 1. The number of hydrogen-bond acceptors (Lipinski definition) is 6. The fraction of sp³-hybridized carbons (Fsp3) is 0.643. The Morgan fingerprint density at radius 2 is 1.52 bits per heavy atom. The van der Waals surface area contributed by atoms with Crippen molar-refractivity contribution in [3.05, 3.63) is 6.20 Å². The Hall–Kier alpha value is -1.63. The van der Waals surface area contributed by atoms with Crippen LogP contribution in [-0.2, 0) is 0 Å². The molecule has 1 rings (SSSR count). The van der Waals surface area contributed by atoms with E-state index in [2.05, 4.69) is 4.98 Å². The summed E-state index contributed by atoms with van der Waals surface area (Å²) in [4.78, 5) is 4.10. The minimum atomic E-state index is 0.154. The average Bonchev–Trinajstić information content (AvgIpc) is 2.50. The van der Waals surface area contributed by atoms with Crippen LogP contribution in [0.25, 0.3) is 0 Å². The molecule has 0 spiro atoms. The molecule has 0 saturated heterocycles. The van der Waals surface area contributed by atoms with Crippen LogP contribution in [0.4, 0.5) is 0 Å². The highest BCUT2D eigenvalue weighted by Crippen LogP contribution is 2.43. The molecule has 1 N–H and O–H groups in total. The summed E-state index contributed by atoms with van der Waals surface area (Å²) >= 11 is 0. The van der Waals surface area contributed by atoms with E-state index >= 15 is 0 Å². The van der Waals surface area contributed by atoms with Crippen LogP contribution in [0.5, 0.6) is 23.1 Å². The van der Waals surface area contributed by atoms with Crippen molar-refractivity contribution >= 4 is 7.69 Å². The first-order chi connectivity index (χ1) is 10.3. The maximum Gasteiger partial charge on any atom is 0.570 e. The molecule has 117 valence electrons. The molecule has 1 radical (unpaired) electrons. The van der Waals surface area contributed by atoms with Crippen molar-refractivity contribution in [2.24, 2.45) is 0 Å². The van der Waals surface area contributed by atoms with Crippen molar-refractivity contribution in [3.63, 3.8) is 0 Å². The lowest BCUT2D eigenvalue weighted by molar-refractivity contribution is 0.235. The van der Waals surface area contributed by atoms with Gasteiger partial charge in [0, 0.05) is 0 Å². The lowest BCUT2D eigenvalue weighted by atomic mass is 10.3. The summed E-state index contributed by atoms with van der Waals surface area (Å²) in [5.74, 6) is 1.48. The van der Waals surface area contributed by atoms with Crippen molar-refractivity contribution < 1.29 is 23.9 Å². The van der Waals surface area contributed by atoms with Crippen molar-refractivity contribution in [2.45, 2.75) is 40.0 Å². The molecule has 0 fully saturated rings. The van der Waals surface area contributed by atoms with Crippen LogP contribution >= 0.6 is 0 Å². The van der Waals surface area contributed by atoms with Gasteiger partial charge in [0.25, 0.3) is 0 Å². The van der Waals surface area contributed by atoms with Crippen LogP contribution in [0, 0.1) is 0 Å². The Morgan fingerprint density at radius 3 is 2.10 bits per heavy atom. The first kappa shape index (κ1) is 17.4. The highest BCUT2D eigenvalue weighted by Gasteiger charge is 2.20. The summed E-state index contributed by atoms with van der Waals surface area (Å²) in [6.45, 7) is 7.60. The van der Waals surface area contributed by atoms with Crippen LogP contribution in [-0.4, -0.2) is 37.5 Å². The summed E-state index contributed by atoms with van der Waals surface area (Å²) in [6.07, 6.45) is 4.07. The molecule has 0 saturated carbocycles. The summed E-state index contributed by atoms with van der Waals surface area (Å²) in [5.41, 5.74) is 0. The maximum absolute atomic E-state index is 8.83. The van der Waals surface area contributed by atoms with E-state index in [1.807, 2.05) is 20.8 Å². The number of ether oxygens (including phenoxy) is 3. The smallest absolute Gasteiger partial charge is 0.521 e. The Labute approximate surface area is 126 Å². The maximum atomic E-state index is 8.83. The zero-order chi connectivity index (χ0) is 15.5. The SMILES string of the molecule is CCCOc1cnc(O[B]O)c(OCCC)c1OCCC. The Kier molecular flexibility index (Phi) is 8.42. The van der Waals surface area contributed by atoms with Gasteiger partial charge in [0.05, 0.1) is 26.0 Å². The highest BCUT2D eigenvalue weighted by molar-refractivity contribution is 6.17. The van der Waals surface area contributed by atoms with Crippen molar-refractivity contribution in [2.75, 3.05) is 19.8 Å². The number of aromatic nitrogens is 1. The van der Waals surface area contributed by atoms with Gasteiger partial charge in [-0.3, -0.25) is 0 Å². The van der Waals surface area contributed by atoms with Gasteiger partial charge in [0.2, 0.25) is 17.4 Å². The summed E-state index contributed by atoms with van der Waals surface area (Å²) in [6, 6.07) is 0. The quantitative estimate of drug-likeness (QED) is 0.632. The molecule has 6 nitrogen and oxygen atoms in total.